The molecular weight excluding hydrogens is 473 g/mol. The van der Waals surface area contributed by atoms with Gasteiger partial charge >= 0.3 is 0 Å². The predicted octanol–water partition coefficient (Wildman–Crippen LogP) is 9.96. The fourth-order valence-electron chi connectivity index (χ4n) is 10.3. The smallest absolute Gasteiger partial charge is 0 e. The Labute approximate surface area is 232 Å². The van der Waals surface area contributed by atoms with Crippen LogP contribution < -0.4 is 0 Å². The zero-order valence-electron chi connectivity index (χ0n) is 23.2. The summed E-state index contributed by atoms with van der Waals surface area (Å²) in [5.41, 5.74) is 3.80. The van der Waals surface area contributed by atoms with Gasteiger partial charge in [0.15, 0.2) is 0 Å². The van der Waals surface area contributed by atoms with Crippen LogP contribution in [0.2, 0.25) is 0 Å². The molecule has 4 fully saturated rings. The molecule has 4 saturated carbocycles. The predicted molar refractivity (Wildman–Crippen MR) is 140 cm³/mol. The summed E-state index contributed by atoms with van der Waals surface area (Å²) in [4.78, 5) is 0. The zero-order valence-corrected chi connectivity index (χ0v) is 26.1. The first-order valence-electron chi connectivity index (χ1n) is 14.1. The zero-order chi connectivity index (χ0) is 23.4. The SMILES string of the molecule is C=C(C)CCCC1(C=CC)CCC2(C)C(CCC3C4(C)CC[CH-]C(C)(C)C4CCC32C)C1.[Y]. The maximum absolute atomic E-state index is 4.17. The number of allylic oxidation sites excluding steroid dienone is 3. The van der Waals surface area contributed by atoms with E-state index >= 15 is 0 Å². The van der Waals surface area contributed by atoms with Crippen molar-refractivity contribution in [1.82, 2.24) is 0 Å². The first-order chi connectivity index (χ1) is 14.9. The molecule has 7 atom stereocenters. The summed E-state index contributed by atoms with van der Waals surface area (Å²) < 4.78 is 0. The third-order valence-corrected chi connectivity index (χ3v) is 12.2. The molecule has 4 rings (SSSR count). The van der Waals surface area contributed by atoms with Crippen LogP contribution in [0.1, 0.15) is 126 Å². The van der Waals surface area contributed by atoms with E-state index in [-0.39, 0.29) is 32.7 Å². The van der Waals surface area contributed by atoms with E-state index in [2.05, 4.69) is 73.6 Å². The molecule has 0 saturated heterocycles. The summed E-state index contributed by atoms with van der Waals surface area (Å²) in [5.74, 6) is 2.71. The third-order valence-electron chi connectivity index (χ3n) is 12.2. The van der Waals surface area contributed by atoms with Crippen LogP contribution in [-0.2, 0) is 32.7 Å². The molecule has 0 aliphatic heterocycles. The molecule has 0 aromatic heterocycles. The molecule has 0 N–H and O–H groups in total. The Hall–Kier alpha value is 0.584. The van der Waals surface area contributed by atoms with Crippen molar-refractivity contribution in [2.24, 2.45) is 44.8 Å². The second kappa shape index (κ2) is 9.80. The van der Waals surface area contributed by atoms with Crippen LogP contribution in [0.5, 0.6) is 0 Å². The molecule has 0 aromatic carbocycles. The Morgan fingerprint density at radius 1 is 0.939 bits per heavy atom. The Bertz CT molecular complexity index is 748. The van der Waals surface area contributed by atoms with E-state index < -0.39 is 0 Å². The van der Waals surface area contributed by atoms with Crippen molar-refractivity contribution < 1.29 is 32.7 Å². The van der Waals surface area contributed by atoms with Crippen LogP contribution in [0.25, 0.3) is 0 Å². The van der Waals surface area contributed by atoms with Crippen molar-refractivity contribution >= 4 is 0 Å². The van der Waals surface area contributed by atoms with Gasteiger partial charge in [0.25, 0.3) is 0 Å². The summed E-state index contributed by atoms with van der Waals surface area (Å²) in [6.45, 7) is 21.9. The van der Waals surface area contributed by atoms with Crippen molar-refractivity contribution in [3.05, 3.63) is 30.7 Å². The second-order valence-electron chi connectivity index (χ2n) is 14.2. The van der Waals surface area contributed by atoms with Gasteiger partial charge in [0.05, 0.1) is 0 Å². The molecule has 0 heterocycles. The van der Waals surface area contributed by atoms with Crippen molar-refractivity contribution in [3.8, 4) is 0 Å². The number of hydrogen-bond donors (Lipinski definition) is 0. The van der Waals surface area contributed by atoms with Crippen molar-refractivity contribution in [1.29, 1.82) is 0 Å². The van der Waals surface area contributed by atoms with Gasteiger partial charge in [-0.05, 0) is 105 Å². The fraction of sp³-hybridized carbons (Fsp3) is 0.844. The third kappa shape index (κ3) is 4.58. The second-order valence-corrected chi connectivity index (χ2v) is 14.2. The minimum atomic E-state index is 0. The molecule has 0 nitrogen and oxygen atoms in total. The Balaban J connectivity index is 0.00000306. The molecular formula is C32H53Y-. The molecule has 0 bridgehead atoms. The van der Waals surface area contributed by atoms with Crippen molar-refractivity contribution in [2.75, 3.05) is 0 Å². The molecule has 4 aliphatic rings. The van der Waals surface area contributed by atoms with Crippen molar-refractivity contribution in [3.63, 3.8) is 0 Å². The van der Waals surface area contributed by atoms with E-state index in [4.69, 9.17) is 0 Å². The summed E-state index contributed by atoms with van der Waals surface area (Å²) in [5, 5.41) is 0. The minimum absolute atomic E-state index is 0. The van der Waals surface area contributed by atoms with Crippen LogP contribution in [0.15, 0.2) is 24.3 Å². The van der Waals surface area contributed by atoms with E-state index in [1.54, 1.807) is 0 Å². The van der Waals surface area contributed by atoms with E-state index in [0.29, 0.717) is 27.1 Å². The molecule has 0 aromatic rings. The number of hydrogen-bond acceptors (Lipinski definition) is 0. The van der Waals surface area contributed by atoms with Gasteiger partial charge < -0.3 is 6.42 Å². The largest absolute Gasteiger partial charge is 0.323 e. The van der Waals surface area contributed by atoms with Gasteiger partial charge in [-0.2, -0.15) is 11.8 Å². The molecule has 0 amide bonds. The standard InChI is InChI=1S/C32H53.Y/c1-9-16-32(19-10-12-24(2)3)22-21-30(7)25(23-32)13-14-27-29(6)18-11-17-28(4,5)26(29)15-20-31(27,30)8;/h9,16-17,25-27H,2,10-15,18-23H2,1,3-8H3;/q-1;. The number of rotatable bonds is 5. The van der Waals surface area contributed by atoms with E-state index in [1.165, 1.54) is 82.6 Å². The van der Waals surface area contributed by atoms with Crippen molar-refractivity contribution in [2.45, 2.75) is 126 Å². The van der Waals surface area contributed by atoms with Gasteiger partial charge in [0, 0.05) is 32.7 Å². The minimum Gasteiger partial charge on any atom is -0.323 e. The Morgan fingerprint density at radius 3 is 2.33 bits per heavy atom. The van der Waals surface area contributed by atoms with E-state index in [9.17, 15) is 0 Å². The monoisotopic (exact) mass is 526 g/mol. The number of fused-ring (bicyclic) bond motifs is 5. The summed E-state index contributed by atoms with van der Waals surface area (Å²) in [7, 11) is 0. The van der Waals surface area contributed by atoms with E-state index in [1.807, 2.05) is 0 Å². The average molecular weight is 527 g/mol. The molecule has 1 radical (unpaired) electrons. The van der Waals surface area contributed by atoms with Gasteiger partial charge in [-0.1, -0.05) is 71.1 Å². The maximum atomic E-state index is 4.17. The van der Waals surface area contributed by atoms with Crippen LogP contribution in [0, 0.1) is 51.2 Å². The van der Waals surface area contributed by atoms with Gasteiger partial charge in [0.1, 0.15) is 0 Å². The summed E-state index contributed by atoms with van der Waals surface area (Å²) in [6, 6.07) is 0. The van der Waals surface area contributed by atoms with Crippen LogP contribution in [-0.4, -0.2) is 0 Å². The average Bonchev–Trinajstić information content (AvgIpc) is 2.68. The molecule has 1 heteroatoms. The fourth-order valence-corrected chi connectivity index (χ4v) is 10.3. The first kappa shape index (κ1) is 28.2. The van der Waals surface area contributed by atoms with Gasteiger partial charge in [-0.15, -0.1) is 6.58 Å². The van der Waals surface area contributed by atoms with Gasteiger partial charge in [-0.3, -0.25) is 0 Å². The topological polar surface area (TPSA) is 0 Å². The van der Waals surface area contributed by atoms with Gasteiger partial charge in [-0.25, -0.2) is 0 Å². The van der Waals surface area contributed by atoms with Gasteiger partial charge in [0.2, 0.25) is 0 Å². The molecule has 7 unspecified atom stereocenters. The first-order valence-corrected chi connectivity index (χ1v) is 14.1. The Kier molecular flexibility index (Phi) is 8.36. The summed E-state index contributed by atoms with van der Waals surface area (Å²) in [6.07, 6.45) is 24.5. The summed E-state index contributed by atoms with van der Waals surface area (Å²) >= 11 is 0. The van der Waals surface area contributed by atoms with E-state index in [0.717, 1.165) is 17.8 Å². The molecule has 185 valence electrons. The molecule has 0 spiro atoms. The van der Waals surface area contributed by atoms with Crippen LogP contribution in [0.4, 0.5) is 0 Å². The Morgan fingerprint density at radius 2 is 1.67 bits per heavy atom. The maximum Gasteiger partial charge on any atom is 0 e. The van der Waals surface area contributed by atoms with Crippen LogP contribution in [0.3, 0.4) is 0 Å². The normalized spacial score (nSPS) is 46.6. The quantitative estimate of drug-likeness (QED) is 0.247. The molecule has 33 heavy (non-hydrogen) atoms. The molecule has 4 aliphatic carbocycles. The van der Waals surface area contributed by atoms with Crippen LogP contribution >= 0.6 is 0 Å².